The molecule has 18 nitrogen and oxygen atoms in total. The van der Waals surface area contributed by atoms with Gasteiger partial charge in [0.25, 0.3) is 0 Å². The Bertz CT molecular complexity index is 1830. The summed E-state index contributed by atoms with van der Waals surface area (Å²) in [6.07, 6.45) is -16.6. The van der Waals surface area contributed by atoms with Gasteiger partial charge in [-0.3, -0.25) is 4.79 Å². The lowest BCUT2D eigenvalue weighted by Gasteiger charge is -2.71. The molecule has 0 aromatic carbocycles. The molecule has 8 rings (SSSR count). The molecule has 3 aliphatic heterocycles. The number of carbonyl (C=O) groups is 2. The maximum Gasteiger partial charge on any atom is 0.335 e. The first-order valence-corrected chi connectivity index (χ1v) is 23.7. The van der Waals surface area contributed by atoms with E-state index in [1.165, 1.54) is 5.57 Å². The minimum absolute atomic E-state index is 0.0818. The predicted octanol–water partition coefficient (Wildman–Crippen LogP) is 0.524. The Labute approximate surface area is 380 Å². The van der Waals surface area contributed by atoms with Crippen molar-refractivity contribution in [3.05, 3.63) is 11.6 Å². The molecular weight excluding hydrogens is 852 g/mol. The maximum atomic E-state index is 13.8. The molecule has 10 N–H and O–H groups in total. The fourth-order valence-corrected chi connectivity index (χ4v) is 14.7. The van der Waals surface area contributed by atoms with Crippen LogP contribution in [0.2, 0.25) is 0 Å². The SMILES string of the molecule is CC1(C)CC(=O)[C@]2(C)CC[C@@]3(C)C(=CC[C@H]4[C@]5(C)CC[C@H](O[C@@H]6O[C@H](C(=O)O)[C@@H](O)[C@H](O)[C@H]6O[C@@H]6O[C@H](CO)[C@H](O)[C@H](O)[C@H]6O[C@@H]6OC[C@@H](O)[C@H](O)[C@@H]6O)[C@](C)(CO)[C@@H]5CC[C@]43C)[C@@H]2C1. The van der Waals surface area contributed by atoms with Gasteiger partial charge in [-0.05, 0) is 90.8 Å². The lowest BCUT2D eigenvalue weighted by molar-refractivity contribution is -0.393. The van der Waals surface area contributed by atoms with Crippen LogP contribution >= 0.6 is 0 Å². The highest BCUT2D eigenvalue weighted by molar-refractivity contribution is 5.87. The first-order valence-electron chi connectivity index (χ1n) is 23.7. The van der Waals surface area contributed by atoms with Crippen molar-refractivity contribution in [1.29, 1.82) is 0 Å². The van der Waals surface area contributed by atoms with Crippen LogP contribution in [-0.2, 0) is 38.0 Å². The van der Waals surface area contributed by atoms with E-state index in [2.05, 4.69) is 47.6 Å². The molecule has 18 heteroatoms. The second kappa shape index (κ2) is 17.3. The molecule has 3 heterocycles. The minimum atomic E-state index is -2.07. The molecule has 370 valence electrons. The van der Waals surface area contributed by atoms with Crippen molar-refractivity contribution >= 4 is 11.8 Å². The predicted molar refractivity (Wildman–Crippen MR) is 225 cm³/mol. The Morgan fingerprint density at radius 1 is 0.738 bits per heavy atom. The number of allylic oxidation sites excluding steroid dienone is 2. The van der Waals surface area contributed by atoms with E-state index in [1.807, 2.05) is 6.92 Å². The summed E-state index contributed by atoms with van der Waals surface area (Å²) < 4.78 is 35.8. The molecule has 0 spiro atoms. The van der Waals surface area contributed by atoms with Gasteiger partial charge in [0.05, 0.1) is 25.9 Å². The molecule has 0 bridgehead atoms. The summed E-state index contributed by atoms with van der Waals surface area (Å²) in [5, 5.41) is 107. The summed E-state index contributed by atoms with van der Waals surface area (Å²) >= 11 is 0. The lowest BCUT2D eigenvalue weighted by atomic mass is 9.33. The third kappa shape index (κ3) is 7.71. The molecule has 0 amide bonds. The molecule has 0 aromatic rings. The van der Waals surface area contributed by atoms with Gasteiger partial charge in [-0.25, -0.2) is 4.79 Å². The van der Waals surface area contributed by atoms with E-state index in [1.54, 1.807) is 0 Å². The standard InChI is InChI=1S/C47H74O18/c1-42(2)16-22-21-8-9-26-44(4)12-11-28(45(5,20-49)25(44)10-13-47(26,7)46(21,6)15-14-43(22,3)27(51)17-42)62-41-37(33(56)32(55)35(63-41)38(58)59)65-40-36(31(54)30(53)24(18-48)61-40)64-39-34(57)29(52)23(50)19-60-39/h8,22-26,28-37,39-41,48-50,52-57H,9-20H2,1-7H3,(H,58,59)/t22-,23+,24+,25+,26-,28-,29-,30-,31-,32-,33-,34-,35-,36+,37+,39-,40-,41+,43+,44+,45+,46-,47+/m0/s1. The molecule has 65 heavy (non-hydrogen) atoms. The summed E-state index contributed by atoms with van der Waals surface area (Å²) in [7, 11) is 0. The monoisotopic (exact) mass is 926 g/mol. The highest BCUT2D eigenvalue weighted by atomic mass is 16.8. The summed E-state index contributed by atoms with van der Waals surface area (Å²) in [4.78, 5) is 26.2. The number of Topliss-reactive ketones (excluding diaryl/α,β-unsaturated/α-hetero) is 1. The molecule has 23 atom stereocenters. The summed E-state index contributed by atoms with van der Waals surface area (Å²) in [5.74, 6) is -0.921. The van der Waals surface area contributed by atoms with Gasteiger partial charge < -0.3 is 79.5 Å². The fourth-order valence-electron chi connectivity index (χ4n) is 14.7. The lowest BCUT2D eigenvalue weighted by Crippen LogP contribution is -2.68. The number of ketones is 1. The molecule has 5 aliphatic carbocycles. The number of carboxylic acids is 1. The summed E-state index contributed by atoms with van der Waals surface area (Å²) in [6, 6.07) is 0. The number of aliphatic hydroxyl groups is 9. The normalized spacial score (nSPS) is 54.3. The highest BCUT2D eigenvalue weighted by Crippen LogP contribution is 2.75. The van der Waals surface area contributed by atoms with Crippen molar-refractivity contribution in [2.45, 2.75) is 198 Å². The van der Waals surface area contributed by atoms with Crippen LogP contribution < -0.4 is 0 Å². The Morgan fingerprint density at radius 2 is 1.38 bits per heavy atom. The Morgan fingerprint density at radius 3 is 2.03 bits per heavy atom. The van der Waals surface area contributed by atoms with Crippen LogP contribution in [0, 0.1) is 50.2 Å². The number of aliphatic hydroxyl groups excluding tert-OH is 9. The van der Waals surface area contributed by atoms with Crippen molar-refractivity contribution in [2.24, 2.45) is 50.2 Å². The average molecular weight is 927 g/mol. The number of carboxylic acid groups (broad SMARTS) is 1. The van der Waals surface area contributed by atoms with E-state index in [0.29, 0.717) is 25.0 Å². The molecule has 8 aliphatic rings. The first-order chi connectivity index (χ1) is 30.3. The van der Waals surface area contributed by atoms with Crippen molar-refractivity contribution in [1.82, 2.24) is 0 Å². The quantitative estimate of drug-likeness (QED) is 0.111. The molecule has 3 saturated heterocycles. The van der Waals surface area contributed by atoms with Gasteiger partial charge in [0, 0.05) is 17.3 Å². The number of ether oxygens (including phenoxy) is 6. The number of fused-ring (bicyclic) bond motifs is 7. The highest BCUT2D eigenvalue weighted by Gasteiger charge is 2.70. The van der Waals surface area contributed by atoms with Gasteiger partial charge >= 0.3 is 5.97 Å². The largest absolute Gasteiger partial charge is 0.479 e. The zero-order valence-electron chi connectivity index (χ0n) is 38.7. The Hall–Kier alpha value is -1.72. The van der Waals surface area contributed by atoms with Crippen LogP contribution in [-0.4, -0.2) is 175 Å². The summed E-state index contributed by atoms with van der Waals surface area (Å²) in [5.41, 5.74) is -0.497. The molecule has 7 fully saturated rings. The number of aliphatic carboxylic acids is 1. The topological polar surface area (TPSA) is 292 Å². The zero-order chi connectivity index (χ0) is 47.6. The molecule has 4 saturated carbocycles. The third-order valence-corrected chi connectivity index (χ3v) is 18.9. The van der Waals surface area contributed by atoms with Gasteiger partial charge in [0.15, 0.2) is 25.0 Å². The van der Waals surface area contributed by atoms with Crippen molar-refractivity contribution in [3.63, 3.8) is 0 Å². The fraction of sp³-hybridized carbons (Fsp3) is 0.915. The maximum absolute atomic E-state index is 13.8. The van der Waals surface area contributed by atoms with Gasteiger partial charge in [0.1, 0.15) is 66.8 Å². The van der Waals surface area contributed by atoms with E-state index >= 15 is 0 Å². The average Bonchev–Trinajstić information content (AvgIpc) is 3.24. The molecular formula is C47H74O18. The number of hydrogen-bond acceptors (Lipinski definition) is 17. The van der Waals surface area contributed by atoms with E-state index in [0.717, 1.165) is 38.5 Å². The second-order valence-electron chi connectivity index (χ2n) is 23.0. The van der Waals surface area contributed by atoms with Gasteiger partial charge in [-0.2, -0.15) is 0 Å². The molecule has 0 unspecified atom stereocenters. The van der Waals surface area contributed by atoms with Crippen molar-refractivity contribution in [3.8, 4) is 0 Å². The van der Waals surface area contributed by atoms with E-state index in [-0.39, 0.29) is 51.4 Å². The van der Waals surface area contributed by atoms with Gasteiger partial charge in [-0.15, -0.1) is 0 Å². The number of hydrogen-bond donors (Lipinski definition) is 10. The number of rotatable bonds is 9. The van der Waals surface area contributed by atoms with Crippen LogP contribution in [0.25, 0.3) is 0 Å². The minimum Gasteiger partial charge on any atom is -0.479 e. The third-order valence-electron chi connectivity index (χ3n) is 18.9. The van der Waals surface area contributed by atoms with E-state index in [9.17, 15) is 60.7 Å². The Kier molecular flexibility index (Phi) is 13.2. The summed E-state index contributed by atoms with van der Waals surface area (Å²) in [6.45, 7) is 14.1. The van der Waals surface area contributed by atoms with Crippen molar-refractivity contribution in [2.75, 3.05) is 19.8 Å². The zero-order valence-corrected chi connectivity index (χ0v) is 38.7. The van der Waals surface area contributed by atoms with E-state index < -0.39 is 117 Å². The number of carbonyl (C=O) groups excluding carboxylic acids is 1. The first kappa shape index (κ1) is 49.7. The van der Waals surface area contributed by atoms with Gasteiger partial charge in [0.2, 0.25) is 0 Å². The Balaban J connectivity index is 1.07. The van der Waals surface area contributed by atoms with Gasteiger partial charge in [-0.1, -0.05) is 60.1 Å². The second-order valence-corrected chi connectivity index (χ2v) is 23.0. The van der Waals surface area contributed by atoms with Crippen LogP contribution in [0.15, 0.2) is 11.6 Å². The van der Waals surface area contributed by atoms with E-state index in [4.69, 9.17) is 28.4 Å². The van der Waals surface area contributed by atoms with Crippen LogP contribution in [0.3, 0.4) is 0 Å². The van der Waals surface area contributed by atoms with Crippen LogP contribution in [0.1, 0.15) is 106 Å². The van der Waals surface area contributed by atoms with Crippen LogP contribution in [0.4, 0.5) is 0 Å². The molecule has 0 aromatic heterocycles. The smallest absolute Gasteiger partial charge is 0.335 e. The molecule has 0 radical (unpaired) electrons. The van der Waals surface area contributed by atoms with Crippen LogP contribution in [0.5, 0.6) is 0 Å². The van der Waals surface area contributed by atoms with Crippen molar-refractivity contribution < 1.29 is 89.1 Å².